The van der Waals surface area contributed by atoms with Crippen LogP contribution in [-0.4, -0.2) is 17.1 Å². The van der Waals surface area contributed by atoms with Crippen molar-refractivity contribution in [1.29, 1.82) is 5.26 Å². The molecular weight excluding hydrogens is 482 g/mol. The Balaban J connectivity index is 1.94. The van der Waals surface area contributed by atoms with E-state index in [4.69, 9.17) is 4.74 Å². The Hall–Kier alpha value is -4.41. The van der Waals surface area contributed by atoms with Gasteiger partial charge < -0.3 is 10.1 Å². The molecule has 7 heteroatoms. The number of aromatic nitrogens is 1. The minimum absolute atomic E-state index is 0.140. The highest BCUT2D eigenvalue weighted by Crippen LogP contribution is 2.19. The van der Waals surface area contributed by atoms with Crippen molar-refractivity contribution in [2.24, 2.45) is 0 Å². The Morgan fingerprint density at radius 1 is 1.03 bits per heavy atom. The van der Waals surface area contributed by atoms with Crippen LogP contribution in [0.2, 0.25) is 0 Å². The SMILES string of the molecule is CCCOc1ccccc1C=c1sc(=C(C#N)C(=O)Nc2ccc(C)cc2)n(-c2ccc(C)cc2)c1=O. The first kappa shape index (κ1) is 25.7. The number of nitriles is 1. The molecule has 1 N–H and O–H groups in total. The number of carbonyl (C=O) groups excluding carboxylic acids is 1. The normalized spacial score (nSPS) is 12.1. The number of hydrogen-bond acceptors (Lipinski definition) is 5. The van der Waals surface area contributed by atoms with E-state index < -0.39 is 5.91 Å². The molecule has 1 heterocycles. The van der Waals surface area contributed by atoms with Crippen LogP contribution in [0.15, 0.2) is 77.6 Å². The van der Waals surface area contributed by atoms with E-state index in [1.807, 2.05) is 87.5 Å². The number of aryl methyl sites for hydroxylation is 2. The van der Waals surface area contributed by atoms with Crippen LogP contribution in [0.4, 0.5) is 5.69 Å². The predicted molar refractivity (Wildman–Crippen MR) is 149 cm³/mol. The number of amides is 1. The Kier molecular flexibility index (Phi) is 8.02. The van der Waals surface area contributed by atoms with E-state index in [0.29, 0.717) is 28.3 Å². The lowest BCUT2D eigenvalue weighted by molar-refractivity contribution is -0.111. The van der Waals surface area contributed by atoms with E-state index in [0.717, 1.165) is 34.4 Å². The van der Waals surface area contributed by atoms with E-state index in [1.165, 1.54) is 4.57 Å². The second-order valence-corrected chi connectivity index (χ2v) is 9.62. The molecule has 1 amide bonds. The zero-order valence-corrected chi connectivity index (χ0v) is 21.8. The average Bonchev–Trinajstić information content (AvgIpc) is 3.21. The Bertz CT molecular complexity index is 1640. The van der Waals surface area contributed by atoms with Gasteiger partial charge in [-0.25, -0.2) is 0 Å². The Labute approximate surface area is 219 Å². The highest BCUT2D eigenvalue weighted by Gasteiger charge is 2.17. The summed E-state index contributed by atoms with van der Waals surface area (Å²) >= 11 is 1.11. The molecule has 0 bridgehead atoms. The van der Waals surface area contributed by atoms with Crippen molar-refractivity contribution in [3.05, 3.63) is 109 Å². The zero-order chi connectivity index (χ0) is 26.4. The van der Waals surface area contributed by atoms with Crippen LogP contribution in [0.1, 0.15) is 30.0 Å². The number of nitrogens with zero attached hydrogens (tertiary/aromatic N) is 2. The van der Waals surface area contributed by atoms with Gasteiger partial charge in [-0.15, -0.1) is 11.3 Å². The molecule has 37 heavy (non-hydrogen) atoms. The number of thiazole rings is 1. The van der Waals surface area contributed by atoms with Crippen molar-refractivity contribution in [3.63, 3.8) is 0 Å². The molecule has 0 unspecified atom stereocenters. The van der Waals surface area contributed by atoms with Gasteiger partial charge in [0.15, 0.2) is 5.57 Å². The van der Waals surface area contributed by atoms with Gasteiger partial charge in [0.2, 0.25) is 0 Å². The molecule has 186 valence electrons. The lowest BCUT2D eigenvalue weighted by atomic mass is 10.2. The molecule has 0 fully saturated rings. The van der Waals surface area contributed by atoms with E-state index >= 15 is 0 Å². The summed E-state index contributed by atoms with van der Waals surface area (Å²) in [6, 6.07) is 24.2. The van der Waals surface area contributed by atoms with Crippen molar-refractivity contribution in [2.45, 2.75) is 27.2 Å². The number of benzene rings is 3. The van der Waals surface area contributed by atoms with Gasteiger partial charge in [0.05, 0.1) is 16.8 Å². The first-order chi connectivity index (χ1) is 17.9. The Morgan fingerprint density at radius 2 is 1.68 bits per heavy atom. The fraction of sp³-hybridized carbons (Fsp3) is 0.167. The summed E-state index contributed by atoms with van der Waals surface area (Å²) in [6.07, 6.45) is 2.60. The van der Waals surface area contributed by atoms with Crippen LogP contribution in [-0.2, 0) is 4.79 Å². The van der Waals surface area contributed by atoms with Crippen molar-refractivity contribution in [2.75, 3.05) is 11.9 Å². The smallest absolute Gasteiger partial charge is 0.273 e. The number of ether oxygens (including phenoxy) is 1. The molecule has 0 radical (unpaired) electrons. The van der Waals surface area contributed by atoms with Gasteiger partial charge in [-0.3, -0.25) is 14.2 Å². The largest absolute Gasteiger partial charge is 0.493 e. The highest BCUT2D eigenvalue weighted by molar-refractivity contribution is 7.07. The minimum atomic E-state index is -0.577. The summed E-state index contributed by atoms with van der Waals surface area (Å²) in [7, 11) is 0. The van der Waals surface area contributed by atoms with Crippen LogP contribution >= 0.6 is 11.3 Å². The summed E-state index contributed by atoms with van der Waals surface area (Å²) in [5.74, 6) is 0.0916. The molecule has 4 rings (SSSR count). The lowest BCUT2D eigenvalue weighted by Crippen LogP contribution is -2.32. The number of para-hydroxylation sites is 1. The van der Waals surface area contributed by atoms with Crippen molar-refractivity contribution in [3.8, 4) is 17.5 Å². The predicted octanol–water partition coefficient (Wildman–Crippen LogP) is 4.45. The average molecular weight is 510 g/mol. The summed E-state index contributed by atoms with van der Waals surface area (Å²) in [5, 5.41) is 12.8. The van der Waals surface area contributed by atoms with Gasteiger partial charge >= 0.3 is 0 Å². The molecule has 0 aliphatic rings. The third-order valence-electron chi connectivity index (χ3n) is 5.65. The number of anilines is 1. The molecule has 0 saturated heterocycles. The van der Waals surface area contributed by atoms with Gasteiger partial charge in [-0.1, -0.05) is 60.5 Å². The van der Waals surface area contributed by atoms with Crippen LogP contribution in [0.5, 0.6) is 5.75 Å². The topological polar surface area (TPSA) is 84.1 Å². The molecule has 0 saturated carbocycles. The molecule has 6 nitrogen and oxygen atoms in total. The zero-order valence-electron chi connectivity index (χ0n) is 20.9. The second-order valence-electron chi connectivity index (χ2n) is 8.59. The third-order valence-corrected chi connectivity index (χ3v) is 6.74. The Morgan fingerprint density at radius 3 is 2.32 bits per heavy atom. The number of hydrogen-bond donors (Lipinski definition) is 1. The standard InChI is InChI=1S/C30H27N3O3S/c1-4-17-36-26-8-6-5-7-22(26)18-27-29(35)33(24-15-11-21(3)12-16-24)30(37-27)25(19-31)28(34)32-23-13-9-20(2)10-14-23/h5-16,18H,4,17H2,1-3H3,(H,32,34). The molecule has 4 aromatic rings. The third kappa shape index (κ3) is 5.88. The molecule has 3 aromatic carbocycles. The summed E-state index contributed by atoms with van der Waals surface area (Å²) in [4.78, 5) is 26.9. The maximum Gasteiger partial charge on any atom is 0.273 e. The van der Waals surface area contributed by atoms with Crippen molar-refractivity contribution < 1.29 is 9.53 Å². The van der Waals surface area contributed by atoms with Gasteiger partial charge in [0, 0.05) is 11.3 Å². The van der Waals surface area contributed by atoms with E-state index in [9.17, 15) is 14.9 Å². The highest BCUT2D eigenvalue weighted by atomic mass is 32.1. The molecule has 0 spiro atoms. The van der Waals surface area contributed by atoms with Crippen LogP contribution in [0.3, 0.4) is 0 Å². The van der Waals surface area contributed by atoms with Gasteiger partial charge in [0.25, 0.3) is 11.5 Å². The second kappa shape index (κ2) is 11.5. The first-order valence-corrected chi connectivity index (χ1v) is 12.8. The van der Waals surface area contributed by atoms with Crippen molar-refractivity contribution >= 4 is 34.6 Å². The molecular formula is C30H27N3O3S. The first-order valence-electron chi connectivity index (χ1n) is 12.0. The van der Waals surface area contributed by atoms with E-state index in [2.05, 4.69) is 5.32 Å². The molecule has 0 aliphatic heterocycles. The number of rotatable bonds is 7. The lowest BCUT2D eigenvalue weighted by Gasteiger charge is -2.07. The van der Waals surface area contributed by atoms with E-state index in [1.54, 1.807) is 18.2 Å². The minimum Gasteiger partial charge on any atom is -0.493 e. The van der Waals surface area contributed by atoms with Crippen LogP contribution < -0.4 is 24.8 Å². The maximum atomic E-state index is 13.7. The fourth-order valence-electron chi connectivity index (χ4n) is 3.69. The van der Waals surface area contributed by atoms with Crippen LogP contribution in [0.25, 0.3) is 17.3 Å². The monoisotopic (exact) mass is 509 g/mol. The molecule has 0 atom stereocenters. The molecule has 0 aliphatic carbocycles. The van der Waals surface area contributed by atoms with Gasteiger partial charge in [0.1, 0.15) is 16.5 Å². The van der Waals surface area contributed by atoms with Gasteiger partial charge in [-0.05, 0) is 56.7 Å². The number of nitrogens with one attached hydrogen (secondary N) is 1. The number of carbonyl (C=O) groups is 1. The fourth-order valence-corrected chi connectivity index (χ4v) is 4.78. The summed E-state index contributed by atoms with van der Waals surface area (Å²) < 4.78 is 7.94. The van der Waals surface area contributed by atoms with E-state index in [-0.39, 0.29) is 15.8 Å². The maximum absolute atomic E-state index is 13.7. The van der Waals surface area contributed by atoms with Crippen molar-refractivity contribution in [1.82, 2.24) is 4.57 Å². The quantitative estimate of drug-likeness (QED) is 0.399. The summed E-state index contributed by atoms with van der Waals surface area (Å²) in [6.45, 7) is 6.49. The van der Waals surface area contributed by atoms with Gasteiger partial charge in [-0.2, -0.15) is 5.26 Å². The van der Waals surface area contributed by atoms with Crippen LogP contribution in [0, 0.1) is 25.2 Å². The summed E-state index contributed by atoms with van der Waals surface area (Å²) in [5.41, 5.74) is 3.52. The molecule has 1 aromatic heterocycles.